The molecule has 1 amide bonds. The highest BCUT2D eigenvalue weighted by Crippen LogP contribution is 2.32. The first-order valence-corrected chi connectivity index (χ1v) is 24.9. The van der Waals surface area contributed by atoms with Crippen LogP contribution in [0.5, 0.6) is 0 Å². The van der Waals surface area contributed by atoms with Crippen LogP contribution < -0.4 is 5.32 Å². The fourth-order valence-electron chi connectivity index (χ4n) is 7.27. The lowest BCUT2D eigenvalue weighted by molar-refractivity contribution is -0.329. The van der Waals surface area contributed by atoms with Crippen molar-refractivity contribution in [3.05, 3.63) is 144 Å². The van der Waals surface area contributed by atoms with Gasteiger partial charge in [-0.2, -0.15) is 0 Å². The summed E-state index contributed by atoms with van der Waals surface area (Å²) < 4.78 is 40.1. The Labute approximate surface area is 454 Å². The summed E-state index contributed by atoms with van der Waals surface area (Å²) in [5, 5.41) is 25.6. The smallest absolute Gasteiger partial charge is 0.297 e. The molecule has 1 fully saturated rings. The molecular weight excluding hydrogens is 963 g/mol. The molecule has 0 aliphatic carbocycles. The molecule has 384 valence electrons. The molecule has 4 aromatic rings. The summed E-state index contributed by atoms with van der Waals surface area (Å²) in [6, 6.07) is 37.9. The number of benzene rings is 4. The van der Waals surface area contributed by atoms with Gasteiger partial charge in [-0.1, -0.05) is 153 Å². The predicted molar refractivity (Wildman–Crippen MR) is 295 cm³/mol. The normalized spacial score (nSPS) is 16.4. The maximum absolute atomic E-state index is 13.4. The van der Waals surface area contributed by atoms with Gasteiger partial charge in [-0.05, 0) is 130 Å². The van der Waals surface area contributed by atoms with Gasteiger partial charge < -0.3 is 44.0 Å². The van der Waals surface area contributed by atoms with Gasteiger partial charge in [-0.15, -0.1) is 0 Å². The van der Waals surface area contributed by atoms with Crippen LogP contribution in [-0.2, 0) is 59.6 Å². The molecule has 1 aliphatic rings. The Morgan fingerprint density at radius 2 is 0.922 bits per heavy atom. The fraction of sp³-hybridized carbons (Fsp3) is 0.299. The highest BCUT2D eigenvalue weighted by Gasteiger charge is 2.49. The minimum atomic E-state index is -1.46. The highest BCUT2D eigenvalue weighted by molar-refractivity contribution is 5.94. The van der Waals surface area contributed by atoms with Crippen molar-refractivity contribution in [2.24, 2.45) is 0 Å². The largest absolute Gasteiger partial charge is 0.390 e. The summed E-state index contributed by atoms with van der Waals surface area (Å²) in [5.41, 5.74) is 3.73. The van der Waals surface area contributed by atoms with Crippen LogP contribution in [0.2, 0.25) is 0 Å². The van der Waals surface area contributed by atoms with E-state index in [1.807, 2.05) is 128 Å². The molecule has 0 bridgehead atoms. The van der Waals surface area contributed by atoms with E-state index in [1.165, 1.54) is 0 Å². The molecule has 1 aliphatic heterocycles. The summed E-state index contributed by atoms with van der Waals surface area (Å²) in [6.07, 6.45) is -4.35. The zero-order chi connectivity index (χ0) is 54.2. The SMILES string of the molecule is CC#CC#CC#CC#CC#CC#CC#CC#CC#CC#CC#CC(=O)N[C@@H](COC1OC(COCc2ccccc2)C(OCc2ccccc2)C(OCc2ccccc2)C1OCc1ccccc1)[C@H](O)[C@H](O)CCCCC. The van der Waals surface area contributed by atoms with E-state index in [2.05, 4.69) is 136 Å². The number of hydrogen-bond acceptors (Lipinski definition) is 9. The second-order valence-corrected chi connectivity index (χ2v) is 16.7. The fourth-order valence-corrected chi connectivity index (χ4v) is 7.27. The van der Waals surface area contributed by atoms with E-state index < -0.39 is 54.9 Å². The molecule has 5 unspecified atom stereocenters. The number of amides is 1. The average molecular weight is 1020 g/mol. The van der Waals surface area contributed by atoms with Crippen LogP contribution in [0.1, 0.15) is 61.8 Å². The van der Waals surface area contributed by atoms with Crippen molar-refractivity contribution in [1.82, 2.24) is 5.32 Å². The number of hydrogen-bond donors (Lipinski definition) is 3. The Morgan fingerprint density at radius 3 is 1.36 bits per heavy atom. The number of aliphatic hydroxyl groups is 2. The van der Waals surface area contributed by atoms with Gasteiger partial charge in [0.2, 0.25) is 0 Å². The second-order valence-electron chi connectivity index (χ2n) is 16.7. The van der Waals surface area contributed by atoms with Gasteiger partial charge in [0.1, 0.15) is 30.5 Å². The summed E-state index contributed by atoms with van der Waals surface area (Å²) >= 11 is 0. The van der Waals surface area contributed by atoms with E-state index in [0.717, 1.165) is 35.1 Å². The lowest BCUT2D eigenvalue weighted by Crippen LogP contribution is -2.62. The molecule has 8 atom stereocenters. The predicted octanol–water partition coefficient (Wildman–Crippen LogP) is 6.55. The van der Waals surface area contributed by atoms with E-state index in [4.69, 9.17) is 28.4 Å². The molecular formula is C67H57NO9. The third-order valence-electron chi connectivity index (χ3n) is 11.0. The highest BCUT2D eigenvalue weighted by atomic mass is 16.7. The summed E-state index contributed by atoms with van der Waals surface area (Å²) in [6.45, 7) is 4.38. The van der Waals surface area contributed by atoms with Crippen molar-refractivity contribution >= 4 is 5.91 Å². The molecule has 0 spiro atoms. The quantitative estimate of drug-likeness (QED) is 0.0562. The number of nitrogens with one attached hydrogen (secondary N) is 1. The standard InChI is InChI=1S/C67H57NO9/c1-3-5-7-8-9-10-11-12-13-14-15-16-17-18-19-20-21-22-23-24-38-48-62(70)68-59(63(71)60(69)47-29-6-4-2)53-76-67-66(75-52-58-45-36-28-37-46-58)65(74-51-57-43-34-27-35-44-57)64(73-50-56-41-32-26-33-42-56)61(77-67)54-72-49-55-39-30-25-31-40-55/h25-28,30-37,39-46,59-61,63-67,69,71H,4,6,29,47,49-54H2,1-2H3,(H,68,70)/t59-,60+,61?,63-,64?,65?,66?,67?/m0/s1. The van der Waals surface area contributed by atoms with Crippen LogP contribution in [0.4, 0.5) is 0 Å². The zero-order valence-electron chi connectivity index (χ0n) is 43.0. The monoisotopic (exact) mass is 1020 g/mol. The van der Waals surface area contributed by atoms with Gasteiger partial charge in [0.25, 0.3) is 5.91 Å². The zero-order valence-corrected chi connectivity index (χ0v) is 43.0. The molecule has 4 aromatic carbocycles. The Hall–Kier alpha value is -8.81. The Bertz CT molecular complexity index is 3210. The lowest BCUT2D eigenvalue weighted by atomic mass is 9.97. The van der Waals surface area contributed by atoms with Crippen LogP contribution in [0.15, 0.2) is 121 Å². The first-order valence-electron chi connectivity index (χ1n) is 24.9. The summed E-state index contributed by atoms with van der Waals surface area (Å²) in [4.78, 5) is 13.4. The van der Waals surface area contributed by atoms with E-state index >= 15 is 0 Å². The first-order chi connectivity index (χ1) is 37.9. The van der Waals surface area contributed by atoms with E-state index in [1.54, 1.807) is 6.92 Å². The van der Waals surface area contributed by atoms with Gasteiger partial charge in [0.05, 0.1) is 51.8 Å². The maximum Gasteiger partial charge on any atom is 0.297 e. The van der Waals surface area contributed by atoms with Gasteiger partial charge in [0, 0.05) is 29.6 Å². The number of rotatable bonds is 23. The van der Waals surface area contributed by atoms with Crippen molar-refractivity contribution in [3.63, 3.8) is 0 Å². The van der Waals surface area contributed by atoms with Crippen molar-refractivity contribution in [2.45, 2.75) is 115 Å². The first kappa shape index (κ1) is 59.1. The number of ether oxygens (including phenoxy) is 6. The summed E-state index contributed by atoms with van der Waals surface area (Å²) in [7, 11) is 0. The average Bonchev–Trinajstić information content (AvgIpc) is 3.46. The number of carbonyl (C=O) groups excluding carboxylic acids is 1. The third-order valence-corrected chi connectivity index (χ3v) is 11.0. The molecule has 5 rings (SSSR count). The number of aliphatic hydroxyl groups excluding tert-OH is 2. The van der Waals surface area contributed by atoms with E-state index in [9.17, 15) is 15.0 Å². The molecule has 0 radical (unpaired) electrons. The molecule has 3 N–H and O–H groups in total. The van der Waals surface area contributed by atoms with Crippen molar-refractivity contribution in [1.29, 1.82) is 0 Å². The van der Waals surface area contributed by atoms with Crippen molar-refractivity contribution in [3.8, 4) is 130 Å². The van der Waals surface area contributed by atoms with E-state index in [0.29, 0.717) is 13.0 Å². The molecule has 10 nitrogen and oxygen atoms in total. The minimum absolute atomic E-state index is 0.0826. The minimum Gasteiger partial charge on any atom is -0.390 e. The molecule has 0 saturated carbocycles. The van der Waals surface area contributed by atoms with Crippen LogP contribution in [0, 0.1) is 130 Å². The van der Waals surface area contributed by atoms with Crippen molar-refractivity contribution in [2.75, 3.05) is 13.2 Å². The topological polar surface area (TPSA) is 125 Å². The molecule has 1 saturated heterocycles. The third kappa shape index (κ3) is 23.9. The van der Waals surface area contributed by atoms with Crippen LogP contribution >= 0.6 is 0 Å². The second kappa shape index (κ2) is 37.0. The van der Waals surface area contributed by atoms with E-state index in [-0.39, 0.29) is 39.5 Å². The van der Waals surface area contributed by atoms with Crippen LogP contribution in [0.3, 0.4) is 0 Å². The molecule has 10 heteroatoms. The number of unbranched alkanes of at least 4 members (excludes halogenated alkanes) is 2. The maximum atomic E-state index is 13.4. The number of carbonyl (C=O) groups is 1. The molecule has 0 aromatic heterocycles. The molecule has 1 heterocycles. The summed E-state index contributed by atoms with van der Waals surface area (Å²) in [5.74, 6) is 54.7. The van der Waals surface area contributed by atoms with Crippen molar-refractivity contribution < 1.29 is 43.4 Å². The Balaban J connectivity index is 1.36. The Morgan fingerprint density at radius 1 is 0.519 bits per heavy atom. The van der Waals surface area contributed by atoms with Gasteiger partial charge in [-0.25, -0.2) is 0 Å². The van der Waals surface area contributed by atoms with Gasteiger partial charge in [-0.3, -0.25) is 4.79 Å². The molecule has 77 heavy (non-hydrogen) atoms. The van der Waals surface area contributed by atoms with Crippen LogP contribution in [-0.4, -0.2) is 78.3 Å². The van der Waals surface area contributed by atoms with Gasteiger partial charge in [0.15, 0.2) is 6.29 Å². The Kier molecular flexibility index (Phi) is 28.4. The lowest BCUT2D eigenvalue weighted by Gasteiger charge is -2.46. The van der Waals surface area contributed by atoms with Crippen LogP contribution in [0.25, 0.3) is 0 Å². The van der Waals surface area contributed by atoms with Gasteiger partial charge >= 0.3 is 0 Å².